The molecular weight excluding hydrogens is 382 g/mol. The van der Waals surface area contributed by atoms with Crippen LogP contribution < -0.4 is 11.1 Å². The van der Waals surface area contributed by atoms with Gasteiger partial charge in [-0.1, -0.05) is 0 Å². The summed E-state index contributed by atoms with van der Waals surface area (Å²) in [5, 5.41) is 13.0. The summed E-state index contributed by atoms with van der Waals surface area (Å²) in [5.74, 6) is 1.24. The zero-order chi connectivity index (χ0) is 20.7. The number of rotatable bonds is 4. The van der Waals surface area contributed by atoms with Crippen LogP contribution >= 0.6 is 0 Å². The molecule has 4 heterocycles. The maximum atomic E-state index is 12.5. The van der Waals surface area contributed by atoms with Crippen LogP contribution in [0.2, 0.25) is 0 Å². The Morgan fingerprint density at radius 3 is 2.70 bits per heavy atom. The van der Waals surface area contributed by atoms with Gasteiger partial charge in [0.1, 0.15) is 0 Å². The molecule has 0 atom stereocenters. The molecule has 1 aliphatic heterocycles. The maximum absolute atomic E-state index is 12.5. The molecule has 0 amide bonds. The standard InChI is InChI=1S/C21H27N7O2/c1-25-10-11-27-18(22-23-20(27)21(25)30)14-26-8-6-15(7-9-26)13-28-19(29)12-16-4-2-3-5-17(16)24-28/h10-12,15H,2-9,13-14H2,1H3. The van der Waals surface area contributed by atoms with Crippen molar-refractivity contribution in [3.8, 4) is 0 Å². The van der Waals surface area contributed by atoms with E-state index in [2.05, 4.69) is 20.2 Å². The number of aryl methyl sites for hydroxylation is 3. The highest BCUT2D eigenvalue weighted by atomic mass is 16.1. The maximum Gasteiger partial charge on any atom is 0.295 e. The Kier molecular flexibility index (Phi) is 4.98. The van der Waals surface area contributed by atoms with E-state index in [1.54, 1.807) is 28.4 Å². The number of fused-ring (bicyclic) bond motifs is 2. The van der Waals surface area contributed by atoms with Gasteiger partial charge in [0.25, 0.3) is 11.1 Å². The van der Waals surface area contributed by atoms with Gasteiger partial charge >= 0.3 is 0 Å². The van der Waals surface area contributed by atoms with Crippen molar-refractivity contribution >= 4 is 5.65 Å². The van der Waals surface area contributed by atoms with Crippen LogP contribution in [0.25, 0.3) is 5.65 Å². The highest BCUT2D eigenvalue weighted by molar-refractivity contribution is 5.34. The molecule has 0 spiro atoms. The second kappa shape index (κ2) is 7.79. The highest BCUT2D eigenvalue weighted by Crippen LogP contribution is 2.21. The van der Waals surface area contributed by atoms with Crippen molar-refractivity contribution in [1.29, 1.82) is 0 Å². The molecule has 0 N–H and O–H groups in total. The summed E-state index contributed by atoms with van der Waals surface area (Å²) in [6, 6.07) is 1.80. The SMILES string of the molecule is Cn1ccn2c(CN3CCC(Cn4nc5c(cc4=O)CCCC5)CC3)nnc2c1=O. The van der Waals surface area contributed by atoms with Gasteiger partial charge in [0, 0.05) is 32.1 Å². The van der Waals surface area contributed by atoms with Crippen LogP contribution in [-0.4, -0.2) is 46.9 Å². The molecule has 1 fully saturated rings. The molecule has 3 aromatic rings. The minimum atomic E-state index is -0.141. The summed E-state index contributed by atoms with van der Waals surface area (Å²) in [4.78, 5) is 27.0. The summed E-state index contributed by atoms with van der Waals surface area (Å²) in [5.41, 5.74) is 2.52. The first kappa shape index (κ1) is 19.2. The highest BCUT2D eigenvalue weighted by Gasteiger charge is 2.23. The third-order valence-electron chi connectivity index (χ3n) is 6.49. The van der Waals surface area contributed by atoms with E-state index in [1.165, 1.54) is 11.0 Å². The van der Waals surface area contributed by atoms with Gasteiger partial charge in [-0.3, -0.25) is 18.9 Å². The van der Waals surface area contributed by atoms with Crippen LogP contribution in [0, 0.1) is 5.92 Å². The fraction of sp³-hybridized carbons (Fsp3) is 0.571. The van der Waals surface area contributed by atoms with E-state index in [9.17, 15) is 9.59 Å². The molecule has 5 rings (SSSR count). The minimum absolute atomic E-state index is 0.0367. The van der Waals surface area contributed by atoms with E-state index in [0.29, 0.717) is 24.7 Å². The zero-order valence-corrected chi connectivity index (χ0v) is 17.3. The van der Waals surface area contributed by atoms with Gasteiger partial charge in [0.2, 0.25) is 5.65 Å². The second-order valence-electron chi connectivity index (χ2n) is 8.59. The molecule has 158 valence electrons. The first-order valence-electron chi connectivity index (χ1n) is 10.8. The fourth-order valence-corrected chi connectivity index (χ4v) is 4.63. The van der Waals surface area contributed by atoms with Gasteiger partial charge < -0.3 is 4.57 Å². The summed E-state index contributed by atoms with van der Waals surface area (Å²) in [6.45, 7) is 3.23. The van der Waals surface area contributed by atoms with Crippen LogP contribution in [0.4, 0.5) is 0 Å². The summed E-state index contributed by atoms with van der Waals surface area (Å²) in [6.07, 6.45) is 9.91. The first-order chi connectivity index (χ1) is 14.6. The van der Waals surface area contributed by atoms with E-state index in [-0.39, 0.29) is 11.1 Å². The van der Waals surface area contributed by atoms with Crippen molar-refractivity contribution in [2.75, 3.05) is 13.1 Å². The smallest absolute Gasteiger partial charge is 0.295 e. The van der Waals surface area contributed by atoms with E-state index in [1.807, 2.05) is 6.20 Å². The molecule has 0 bridgehead atoms. The van der Waals surface area contributed by atoms with Gasteiger partial charge in [-0.25, -0.2) is 4.68 Å². The van der Waals surface area contributed by atoms with Crippen molar-refractivity contribution in [2.45, 2.75) is 51.6 Å². The number of nitrogens with zero attached hydrogens (tertiary/aromatic N) is 7. The Morgan fingerprint density at radius 1 is 1.07 bits per heavy atom. The van der Waals surface area contributed by atoms with Crippen molar-refractivity contribution in [1.82, 2.24) is 33.8 Å². The Hall–Kier alpha value is -2.81. The number of hydrogen-bond donors (Lipinski definition) is 0. The second-order valence-corrected chi connectivity index (χ2v) is 8.59. The zero-order valence-electron chi connectivity index (χ0n) is 17.3. The molecule has 30 heavy (non-hydrogen) atoms. The molecule has 0 radical (unpaired) electrons. The lowest BCUT2D eigenvalue weighted by Gasteiger charge is -2.31. The van der Waals surface area contributed by atoms with Crippen molar-refractivity contribution in [3.05, 3.63) is 56.2 Å². The lowest BCUT2D eigenvalue weighted by molar-refractivity contribution is 0.159. The van der Waals surface area contributed by atoms with Crippen molar-refractivity contribution in [2.24, 2.45) is 13.0 Å². The van der Waals surface area contributed by atoms with Gasteiger partial charge in [-0.2, -0.15) is 5.10 Å². The monoisotopic (exact) mass is 409 g/mol. The van der Waals surface area contributed by atoms with Gasteiger partial charge in [-0.15, -0.1) is 10.2 Å². The molecule has 0 unspecified atom stereocenters. The Labute approximate surface area is 174 Å². The normalized spacial score (nSPS) is 18.0. The van der Waals surface area contributed by atoms with Crippen LogP contribution in [-0.2, 0) is 33.0 Å². The summed E-state index contributed by atoms with van der Waals surface area (Å²) >= 11 is 0. The number of piperidine rings is 1. The fourth-order valence-electron chi connectivity index (χ4n) is 4.63. The third kappa shape index (κ3) is 3.58. The van der Waals surface area contributed by atoms with E-state index < -0.39 is 0 Å². The lowest BCUT2D eigenvalue weighted by atomic mass is 9.96. The predicted molar refractivity (Wildman–Crippen MR) is 111 cm³/mol. The summed E-state index contributed by atoms with van der Waals surface area (Å²) in [7, 11) is 1.71. The Balaban J connectivity index is 1.23. The molecule has 9 heteroatoms. The predicted octanol–water partition coefficient (Wildman–Crippen LogP) is 0.776. The summed E-state index contributed by atoms with van der Waals surface area (Å²) < 4.78 is 4.98. The number of hydrogen-bond acceptors (Lipinski definition) is 6. The average Bonchev–Trinajstić information content (AvgIpc) is 3.16. The lowest BCUT2D eigenvalue weighted by Crippen LogP contribution is -2.37. The quantitative estimate of drug-likeness (QED) is 0.632. The van der Waals surface area contributed by atoms with Gasteiger partial charge in [0.15, 0.2) is 5.82 Å². The van der Waals surface area contributed by atoms with Crippen LogP contribution in [0.1, 0.15) is 42.8 Å². The molecular formula is C21H27N7O2. The van der Waals surface area contributed by atoms with Crippen molar-refractivity contribution in [3.63, 3.8) is 0 Å². The van der Waals surface area contributed by atoms with Crippen molar-refractivity contribution < 1.29 is 0 Å². The molecule has 9 nitrogen and oxygen atoms in total. The molecule has 0 saturated carbocycles. The number of aromatic nitrogens is 6. The molecule has 1 saturated heterocycles. The molecule has 3 aromatic heterocycles. The van der Waals surface area contributed by atoms with Gasteiger partial charge in [0.05, 0.1) is 12.2 Å². The first-order valence-corrected chi connectivity index (χ1v) is 10.8. The molecule has 1 aliphatic carbocycles. The Bertz CT molecular complexity index is 1180. The van der Waals surface area contributed by atoms with Crippen LogP contribution in [0.15, 0.2) is 28.0 Å². The molecule has 0 aromatic carbocycles. The van der Waals surface area contributed by atoms with Gasteiger partial charge in [-0.05, 0) is 63.1 Å². The van der Waals surface area contributed by atoms with Crippen LogP contribution in [0.3, 0.4) is 0 Å². The average molecular weight is 409 g/mol. The molecule has 2 aliphatic rings. The number of likely N-dealkylation sites (tertiary alicyclic amines) is 1. The Morgan fingerprint density at radius 2 is 1.87 bits per heavy atom. The third-order valence-corrected chi connectivity index (χ3v) is 6.49. The largest absolute Gasteiger partial charge is 0.314 e. The topological polar surface area (TPSA) is 90.3 Å². The van der Waals surface area contributed by atoms with Crippen LogP contribution in [0.5, 0.6) is 0 Å². The van der Waals surface area contributed by atoms with E-state index >= 15 is 0 Å². The van der Waals surface area contributed by atoms with E-state index in [0.717, 1.165) is 62.3 Å². The van der Waals surface area contributed by atoms with E-state index in [4.69, 9.17) is 0 Å². The minimum Gasteiger partial charge on any atom is -0.314 e.